The molecule has 1 heterocycles. The zero-order chi connectivity index (χ0) is 17.7. The van der Waals surface area contributed by atoms with Crippen molar-refractivity contribution in [1.29, 1.82) is 0 Å². The van der Waals surface area contributed by atoms with Crippen molar-refractivity contribution in [2.24, 2.45) is 5.92 Å². The van der Waals surface area contributed by atoms with Crippen molar-refractivity contribution >= 4 is 5.97 Å². The third kappa shape index (κ3) is 2.43. The van der Waals surface area contributed by atoms with Crippen LogP contribution in [0.3, 0.4) is 0 Å². The number of fused-ring (bicyclic) bond motifs is 1. The summed E-state index contributed by atoms with van der Waals surface area (Å²) in [6.45, 7) is 3.05. The molecule has 1 saturated carbocycles. The van der Waals surface area contributed by atoms with Gasteiger partial charge in [-0.15, -0.1) is 0 Å². The molecule has 1 saturated heterocycles. The van der Waals surface area contributed by atoms with E-state index >= 15 is 0 Å². The van der Waals surface area contributed by atoms with E-state index in [0.29, 0.717) is 6.42 Å². The third-order valence-electron chi connectivity index (χ3n) is 4.74. The summed E-state index contributed by atoms with van der Waals surface area (Å²) in [5.41, 5.74) is -2.80. The Morgan fingerprint density at radius 1 is 1.39 bits per heavy atom. The van der Waals surface area contributed by atoms with E-state index < -0.39 is 47.9 Å². The first-order valence-electron chi connectivity index (χ1n) is 7.50. The molecular formula is C14H19F5O4. The Balaban J connectivity index is 2.46. The number of halogens is 5. The van der Waals surface area contributed by atoms with Crippen molar-refractivity contribution in [3.8, 4) is 0 Å². The van der Waals surface area contributed by atoms with Crippen LogP contribution in [0.1, 0.15) is 46.0 Å². The van der Waals surface area contributed by atoms with Gasteiger partial charge in [0, 0.05) is 0 Å². The molecule has 23 heavy (non-hydrogen) atoms. The molecule has 0 radical (unpaired) electrons. The highest BCUT2D eigenvalue weighted by molar-refractivity contribution is 5.72. The van der Waals surface area contributed by atoms with Crippen LogP contribution < -0.4 is 0 Å². The molecule has 1 N–H and O–H groups in total. The Labute approximate surface area is 129 Å². The lowest BCUT2D eigenvalue weighted by molar-refractivity contribution is -0.412. The summed E-state index contributed by atoms with van der Waals surface area (Å²) in [5.74, 6) is -11.2. The number of hydrogen-bond donors (Lipinski definition) is 1. The van der Waals surface area contributed by atoms with Gasteiger partial charge in [-0.3, -0.25) is 4.79 Å². The minimum absolute atomic E-state index is 0.150. The minimum atomic E-state index is -5.72. The molecule has 9 heteroatoms. The Kier molecular flexibility index (Phi) is 4.43. The first-order chi connectivity index (χ1) is 10.4. The van der Waals surface area contributed by atoms with Crippen LogP contribution in [-0.4, -0.2) is 40.7 Å². The average Bonchev–Trinajstić information content (AvgIpc) is 2.63. The van der Waals surface area contributed by atoms with Crippen LogP contribution >= 0.6 is 0 Å². The van der Waals surface area contributed by atoms with Crippen molar-refractivity contribution in [1.82, 2.24) is 0 Å². The van der Waals surface area contributed by atoms with Crippen LogP contribution in [0.4, 0.5) is 22.0 Å². The van der Waals surface area contributed by atoms with Crippen LogP contribution in [0.25, 0.3) is 0 Å². The molecule has 4 unspecified atom stereocenters. The molecular weight excluding hydrogens is 327 g/mol. The molecule has 4 nitrogen and oxygen atoms in total. The van der Waals surface area contributed by atoms with Crippen LogP contribution in [0, 0.1) is 5.92 Å². The normalized spacial score (nSPS) is 38.0. The van der Waals surface area contributed by atoms with Gasteiger partial charge in [0.1, 0.15) is 6.10 Å². The number of esters is 1. The summed E-state index contributed by atoms with van der Waals surface area (Å²) < 4.78 is 77.6. The van der Waals surface area contributed by atoms with Gasteiger partial charge in [0.2, 0.25) is 5.60 Å². The van der Waals surface area contributed by atoms with Gasteiger partial charge in [-0.2, -0.15) is 22.0 Å². The highest BCUT2D eigenvalue weighted by Gasteiger charge is 2.86. The monoisotopic (exact) mass is 346 g/mol. The highest BCUT2D eigenvalue weighted by atomic mass is 19.4. The molecule has 2 rings (SSSR count). The van der Waals surface area contributed by atoms with Crippen LogP contribution in [0.5, 0.6) is 0 Å². The number of alkyl halides is 5. The Morgan fingerprint density at radius 3 is 2.52 bits per heavy atom. The summed E-state index contributed by atoms with van der Waals surface area (Å²) in [6.07, 6.45) is -7.29. The smallest absolute Gasteiger partial charge is 0.449 e. The first-order valence-corrected chi connectivity index (χ1v) is 7.50. The number of rotatable bonds is 3. The molecule has 1 aliphatic heterocycles. The number of hydrogen-bond acceptors (Lipinski definition) is 4. The second-order valence-corrected chi connectivity index (χ2v) is 6.19. The van der Waals surface area contributed by atoms with Crippen LogP contribution in [-0.2, 0) is 14.3 Å². The molecule has 0 aromatic rings. The maximum absolute atomic E-state index is 14.6. The van der Waals surface area contributed by atoms with Gasteiger partial charge >= 0.3 is 23.9 Å². The standard InChI is InChI=1S/C14H19F5O4/c1-3-8(2)10(20)23-11-7-5-4-6-9(11)22-13(21,12(11,15)16)14(17,18)19/h8-9,21H,3-7H2,1-2H3. The molecule has 0 bridgehead atoms. The van der Waals surface area contributed by atoms with Gasteiger partial charge in [-0.1, -0.05) is 20.3 Å². The van der Waals surface area contributed by atoms with Gasteiger partial charge in [-0.05, 0) is 25.7 Å². The van der Waals surface area contributed by atoms with Gasteiger partial charge in [0.05, 0.1) is 5.92 Å². The SMILES string of the molecule is CCC(C)C(=O)OC12CCCCC1OC(O)(C(F)(F)F)C2(F)F. The molecule has 2 aliphatic rings. The summed E-state index contributed by atoms with van der Waals surface area (Å²) >= 11 is 0. The number of ether oxygens (including phenoxy) is 2. The van der Waals surface area contributed by atoms with Crippen molar-refractivity contribution in [2.45, 2.75) is 75.5 Å². The number of carbonyl (C=O) groups is 1. The quantitative estimate of drug-likeness (QED) is 0.630. The van der Waals surface area contributed by atoms with E-state index in [1.165, 1.54) is 6.92 Å². The molecule has 134 valence electrons. The topological polar surface area (TPSA) is 55.8 Å². The van der Waals surface area contributed by atoms with Gasteiger partial charge in [0.15, 0.2) is 0 Å². The molecule has 2 fully saturated rings. The lowest BCUT2D eigenvalue weighted by atomic mass is 9.77. The van der Waals surface area contributed by atoms with E-state index in [0.717, 1.165) is 0 Å². The molecule has 0 spiro atoms. The Hall–Kier alpha value is -0.960. The fraction of sp³-hybridized carbons (Fsp3) is 0.929. The van der Waals surface area contributed by atoms with E-state index in [1.54, 1.807) is 6.92 Å². The van der Waals surface area contributed by atoms with Gasteiger partial charge in [0.25, 0.3) is 0 Å². The lowest BCUT2D eigenvalue weighted by Gasteiger charge is -2.41. The van der Waals surface area contributed by atoms with Gasteiger partial charge in [-0.25, -0.2) is 0 Å². The predicted octanol–water partition coefficient (Wildman–Crippen LogP) is 3.17. The third-order valence-corrected chi connectivity index (χ3v) is 4.74. The fourth-order valence-corrected chi connectivity index (χ4v) is 3.06. The Bertz CT molecular complexity index is 480. The second-order valence-electron chi connectivity index (χ2n) is 6.19. The summed E-state index contributed by atoms with van der Waals surface area (Å²) in [4.78, 5) is 12.0. The van der Waals surface area contributed by atoms with Crippen molar-refractivity contribution in [3.63, 3.8) is 0 Å². The highest BCUT2D eigenvalue weighted by Crippen LogP contribution is 2.61. The predicted molar refractivity (Wildman–Crippen MR) is 67.6 cm³/mol. The summed E-state index contributed by atoms with van der Waals surface area (Å²) in [6, 6.07) is 0. The zero-order valence-corrected chi connectivity index (χ0v) is 12.8. The maximum Gasteiger partial charge on any atom is 0.449 e. The second kappa shape index (κ2) is 5.54. The number of aliphatic hydroxyl groups is 1. The van der Waals surface area contributed by atoms with E-state index in [1.807, 2.05) is 0 Å². The van der Waals surface area contributed by atoms with Crippen molar-refractivity contribution in [3.05, 3.63) is 0 Å². The van der Waals surface area contributed by atoms with Gasteiger partial charge < -0.3 is 14.6 Å². The molecule has 0 amide bonds. The molecule has 4 atom stereocenters. The van der Waals surface area contributed by atoms with Crippen molar-refractivity contribution in [2.75, 3.05) is 0 Å². The Morgan fingerprint density at radius 2 is 2.00 bits per heavy atom. The van der Waals surface area contributed by atoms with E-state index in [2.05, 4.69) is 4.74 Å². The molecule has 0 aromatic heterocycles. The summed E-state index contributed by atoms with van der Waals surface area (Å²) in [7, 11) is 0. The van der Waals surface area contributed by atoms with Crippen LogP contribution in [0.2, 0.25) is 0 Å². The largest absolute Gasteiger partial charge is 0.449 e. The van der Waals surface area contributed by atoms with E-state index in [9.17, 15) is 31.9 Å². The fourth-order valence-electron chi connectivity index (χ4n) is 3.06. The zero-order valence-electron chi connectivity index (χ0n) is 12.8. The lowest BCUT2D eigenvalue weighted by Crippen LogP contribution is -2.65. The first kappa shape index (κ1) is 18.4. The van der Waals surface area contributed by atoms with E-state index in [-0.39, 0.29) is 19.3 Å². The average molecular weight is 346 g/mol. The van der Waals surface area contributed by atoms with Crippen molar-refractivity contribution < 1.29 is 41.3 Å². The minimum Gasteiger partial charge on any atom is -0.449 e. The van der Waals surface area contributed by atoms with E-state index in [4.69, 9.17) is 4.74 Å². The molecule has 0 aromatic carbocycles. The molecule has 1 aliphatic carbocycles. The number of carbonyl (C=O) groups excluding carboxylic acids is 1. The maximum atomic E-state index is 14.6. The van der Waals surface area contributed by atoms with Crippen LogP contribution in [0.15, 0.2) is 0 Å². The summed E-state index contributed by atoms with van der Waals surface area (Å²) in [5, 5.41) is 9.57.